The zero-order chi connectivity index (χ0) is 23.8. The Kier molecular flexibility index (Phi) is 7.75. The van der Waals surface area contributed by atoms with Gasteiger partial charge in [-0.1, -0.05) is 32.0 Å². The molecule has 7 nitrogen and oxygen atoms in total. The molecule has 4 N–H and O–H groups in total. The van der Waals surface area contributed by atoms with Crippen LogP contribution in [0.1, 0.15) is 24.2 Å². The van der Waals surface area contributed by atoms with Crippen LogP contribution < -0.4 is 21.3 Å². The largest absolute Gasteiger partial charge is 0.340 e. The summed E-state index contributed by atoms with van der Waals surface area (Å²) in [6.45, 7) is 3.63. The van der Waals surface area contributed by atoms with Gasteiger partial charge in [0, 0.05) is 22.6 Å². The zero-order valence-corrected chi connectivity index (χ0v) is 18.3. The van der Waals surface area contributed by atoms with Gasteiger partial charge in [0.1, 0.15) is 11.9 Å². The quantitative estimate of drug-likeness (QED) is 0.415. The van der Waals surface area contributed by atoms with E-state index < -0.39 is 17.8 Å². The number of anilines is 3. The van der Waals surface area contributed by atoms with Crippen LogP contribution in [0.3, 0.4) is 0 Å². The summed E-state index contributed by atoms with van der Waals surface area (Å²) in [5, 5.41) is 10.9. The average Bonchev–Trinajstić information content (AvgIpc) is 2.79. The van der Waals surface area contributed by atoms with Gasteiger partial charge >= 0.3 is 6.03 Å². The highest BCUT2D eigenvalue weighted by Crippen LogP contribution is 2.16. The number of rotatable bonds is 7. The van der Waals surface area contributed by atoms with Crippen molar-refractivity contribution in [1.29, 1.82) is 0 Å². The van der Waals surface area contributed by atoms with Gasteiger partial charge < -0.3 is 21.3 Å². The lowest BCUT2D eigenvalue weighted by Crippen LogP contribution is -2.47. The Balaban J connectivity index is 1.57. The van der Waals surface area contributed by atoms with E-state index in [2.05, 4.69) is 21.3 Å². The van der Waals surface area contributed by atoms with Crippen molar-refractivity contribution in [3.63, 3.8) is 0 Å². The molecule has 0 fully saturated rings. The number of hydrogen-bond donors (Lipinski definition) is 4. The lowest BCUT2D eigenvalue weighted by molar-refractivity contribution is -0.118. The van der Waals surface area contributed by atoms with E-state index in [1.165, 1.54) is 24.3 Å². The van der Waals surface area contributed by atoms with Crippen LogP contribution in [0.15, 0.2) is 78.9 Å². The number of para-hydroxylation sites is 1. The normalized spacial score (nSPS) is 11.4. The molecule has 0 spiro atoms. The Morgan fingerprint density at radius 2 is 1.21 bits per heavy atom. The van der Waals surface area contributed by atoms with Crippen LogP contribution in [0.5, 0.6) is 0 Å². The molecule has 4 amide bonds. The molecule has 0 aliphatic carbocycles. The third kappa shape index (κ3) is 6.90. The zero-order valence-electron chi connectivity index (χ0n) is 18.3. The SMILES string of the molecule is CC(C)C(NC(=O)c1ccc(F)cc1)C(=O)Nc1ccc(NC(=O)Nc2ccccc2)cc1. The van der Waals surface area contributed by atoms with Crippen LogP contribution >= 0.6 is 0 Å². The number of amides is 4. The minimum atomic E-state index is -0.794. The number of urea groups is 1. The summed E-state index contributed by atoms with van der Waals surface area (Å²) >= 11 is 0. The number of nitrogens with one attached hydrogen (secondary N) is 4. The second-order valence-electron chi connectivity index (χ2n) is 7.71. The van der Waals surface area contributed by atoms with Crippen molar-refractivity contribution in [2.75, 3.05) is 16.0 Å². The van der Waals surface area contributed by atoms with E-state index in [1.807, 2.05) is 32.0 Å². The van der Waals surface area contributed by atoms with Crippen molar-refractivity contribution >= 4 is 34.9 Å². The Bertz CT molecular complexity index is 1100. The lowest BCUT2D eigenvalue weighted by atomic mass is 10.0. The van der Waals surface area contributed by atoms with Gasteiger partial charge in [-0.05, 0) is 66.6 Å². The van der Waals surface area contributed by atoms with Gasteiger partial charge in [0.05, 0.1) is 0 Å². The third-order valence-electron chi connectivity index (χ3n) is 4.78. The average molecular weight is 448 g/mol. The van der Waals surface area contributed by atoms with Gasteiger partial charge in [0.2, 0.25) is 5.91 Å². The van der Waals surface area contributed by atoms with Crippen molar-refractivity contribution in [3.8, 4) is 0 Å². The molecule has 0 bridgehead atoms. The Morgan fingerprint density at radius 1 is 0.697 bits per heavy atom. The predicted octanol–water partition coefficient (Wildman–Crippen LogP) is 4.86. The molecule has 0 radical (unpaired) electrons. The molecule has 170 valence electrons. The third-order valence-corrected chi connectivity index (χ3v) is 4.78. The van der Waals surface area contributed by atoms with Crippen LogP contribution in [-0.2, 0) is 4.79 Å². The molecule has 0 heterocycles. The molecule has 0 saturated carbocycles. The summed E-state index contributed by atoms with van der Waals surface area (Å²) in [5.41, 5.74) is 1.99. The molecule has 1 unspecified atom stereocenters. The van der Waals surface area contributed by atoms with Gasteiger partial charge in [0.15, 0.2) is 0 Å². The smallest absolute Gasteiger partial charge is 0.323 e. The van der Waals surface area contributed by atoms with Crippen molar-refractivity contribution in [2.45, 2.75) is 19.9 Å². The molecule has 3 aromatic rings. The molecule has 0 aliphatic heterocycles. The van der Waals surface area contributed by atoms with Crippen molar-refractivity contribution in [1.82, 2.24) is 5.32 Å². The molecule has 1 atom stereocenters. The first-order valence-corrected chi connectivity index (χ1v) is 10.4. The van der Waals surface area contributed by atoms with Gasteiger partial charge in [-0.25, -0.2) is 9.18 Å². The number of benzene rings is 3. The number of carbonyl (C=O) groups is 3. The van der Waals surface area contributed by atoms with Crippen LogP contribution in [0.25, 0.3) is 0 Å². The number of halogens is 1. The fourth-order valence-corrected chi connectivity index (χ4v) is 3.03. The van der Waals surface area contributed by atoms with E-state index >= 15 is 0 Å². The van der Waals surface area contributed by atoms with E-state index in [1.54, 1.807) is 36.4 Å². The predicted molar refractivity (Wildman–Crippen MR) is 127 cm³/mol. The number of hydrogen-bond acceptors (Lipinski definition) is 3. The van der Waals surface area contributed by atoms with Gasteiger partial charge in [-0.15, -0.1) is 0 Å². The first-order valence-electron chi connectivity index (χ1n) is 10.4. The number of carbonyl (C=O) groups excluding carboxylic acids is 3. The van der Waals surface area contributed by atoms with Gasteiger partial charge in [-0.3, -0.25) is 9.59 Å². The van der Waals surface area contributed by atoms with Crippen LogP contribution in [-0.4, -0.2) is 23.9 Å². The Hall–Kier alpha value is -4.20. The van der Waals surface area contributed by atoms with Gasteiger partial charge in [-0.2, -0.15) is 0 Å². The van der Waals surface area contributed by atoms with E-state index in [4.69, 9.17) is 0 Å². The highest BCUT2D eigenvalue weighted by molar-refractivity contribution is 6.02. The molecule has 3 aromatic carbocycles. The minimum Gasteiger partial charge on any atom is -0.340 e. The van der Waals surface area contributed by atoms with E-state index in [0.717, 1.165) is 0 Å². The molecule has 0 aliphatic rings. The second-order valence-corrected chi connectivity index (χ2v) is 7.71. The Morgan fingerprint density at radius 3 is 1.76 bits per heavy atom. The van der Waals surface area contributed by atoms with E-state index in [9.17, 15) is 18.8 Å². The molecule has 33 heavy (non-hydrogen) atoms. The maximum Gasteiger partial charge on any atom is 0.323 e. The summed E-state index contributed by atoms with van der Waals surface area (Å²) in [7, 11) is 0. The first kappa shape index (κ1) is 23.5. The summed E-state index contributed by atoms with van der Waals surface area (Å²) in [6, 6.07) is 19.6. The second kappa shape index (κ2) is 10.9. The maximum atomic E-state index is 13.1. The van der Waals surface area contributed by atoms with Crippen LogP contribution in [0.2, 0.25) is 0 Å². The van der Waals surface area contributed by atoms with Crippen molar-refractivity contribution < 1.29 is 18.8 Å². The van der Waals surface area contributed by atoms with Crippen LogP contribution in [0, 0.1) is 11.7 Å². The Labute approximate surface area is 191 Å². The fraction of sp³-hybridized carbons (Fsp3) is 0.160. The van der Waals surface area contributed by atoms with Crippen LogP contribution in [0.4, 0.5) is 26.2 Å². The maximum absolute atomic E-state index is 13.1. The molecule has 0 saturated heterocycles. The molecule has 0 aromatic heterocycles. The highest BCUT2D eigenvalue weighted by Gasteiger charge is 2.25. The fourth-order valence-electron chi connectivity index (χ4n) is 3.03. The van der Waals surface area contributed by atoms with Crippen molar-refractivity contribution in [3.05, 3.63) is 90.2 Å². The minimum absolute atomic E-state index is 0.183. The first-order chi connectivity index (χ1) is 15.8. The monoisotopic (exact) mass is 448 g/mol. The van der Waals surface area contributed by atoms with E-state index in [0.29, 0.717) is 17.1 Å². The summed E-state index contributed by atoms with van der Waals surface area (Å²) < 4.78 is 13.1. The molecular formula is C25H25FN4O3. The molecule has 8 heteroatoms. The molecule has 3 rings (SSSR count). The lowest BCUT2D eigenvalue weighted by Gasteiger charge is -2.22. The molecular weight excluding hydrogens is 423 g/mol. The topological polar surface area (TPSA) is 99.3 Å². The standard InChI is InChI=1S/C25H25FN4O3/c1-16(2)22(30-23(31)17-8-10-18(26)11-9-17)24(32)27-20-12-14-21(15-13-20)29-25(33)28-19-6-4-3-5-7-19/h3-16,22H,1-2H3,(H,27,32)(H,30,31)(H2,28,29,33). The van der Waals surface area contributed by atoms with E-state index in [-0.39, 0.29) is 23.4 Å². The summed E-state index contributed by atoms with van der Waals surface area (Å²) in [4.78, 5) is 37.3. The summed E-state index contributed by atoms with van der Waals surface area (Å²) in [5.74, 6) is -1.48. The van der Waals surface area contributed by atoms with Crippen molar-refractivity contribution in [2.24, 2.45) is 5.92 Å². The van der Waals surface area contributed by atoms with Gasteiger partial charge in [0.25, 0.3) is 5.91 Å². The summed E-state index contributed by atoms with van der Waals surface area (Å²) in [6.07, 6.45) is 0. The highest BCUT2D eigenvalue weighted by atomic mass is 19.1.